The van der Waals surface area contributed by atoms with E-state index in [1.807, 2.05) is 30.3 Å². The highest BCUT2D eigenvalue weighted by molar-refractivity contribution is 7.90. The molecule has 2 atom stereocenters. The molecule has 1 N–H and O–H groups in total. The maximum Gasteiger partial charge on any atom is 0.214 e. The van der Waals surface area contributed by atoms with E-state index in [0.717, 1.165) is 12.8 Å². The first-order chi connectivity index (χ1) is 12.8. The quantitative estimate of drug-likeness (QED) is 0.761. The van der Waals surface area contributed by atoms with Crippen molar-refractivity contribution in [2.45, 2.75) is 56.5 Å². The SMILES string of the molecule is CC(C)S(=O)(=O)N[C@H]1CCCC[C@]1(F)c1ccc(Oc2ccccc2)cc1. The Morgan fingerprint density at radius 3 is 2.30 bits per heavy atom. The van der Waals surface area contributed by atoms with Crippen molar-refractivity contribution in [2.24, 2.45) is 0 Å². The summed E-state index contributed by atoms with van der Waals surface area (Å²) in [6.07, 6.45) is 2.34. The predicted molar refractivity (Wildman–Crippen MR) is 105 cm³/mol. The van der Waals surface area contributed by atoms with Crippen molar-refractivity contribution < 1.29 is 17.5 Å². The zero-order valence-corrected chi connectivity index (χ0v) is 16.5. The average molecular weight is 392 g/mol. The van der Waals surface area contributed by atoms with E-state index in [-0.39, 0.29) is 0 Å². The summed E-state index contributed by atoms with van der Waals surface area (Å²) in [5.41, 5.74) is -1.23. The molecule has 3 rings (SSSR count). The van der Waals surface area contributed by atoms with E-state index in [9.17, 15) is 8.42 Å². The van der Waals surface area contributed by atoms with Gasteiger partial charge in [0.15, 0.2) is 5.67 Å². The first kappa shape index (κ1) is 19.8. The van der Waals surface area contributed by atoms with Gasteiger partial charge in [0.05, 0.1) is 11.3 Å². The molecule has 1 fully saturated rings. The largest absolute Gasteiger partial charge is 0.457 e. The van der Waals surface area contributed by atoms with Gasteiger partial charge in [-0.25, -0.2) is 17.5 Å². The lowest BCUT2D eigenvalue weighted by Crippen LogP contribution is -2.51. The molecule has 0 amide bonds. The fourth-order valence-corrected chi connectivity index (χ4v) is 4.36. The monoisotopic (exact) mass is 391 g/mol. The molecule has 0 saturated heterocycles. The van der Waals surface area contributed by atoms with Gasteiger partial charge in [0.25, 0.3) is 0 Å². The maximum absolute atomic E-state index is 16.0. The highest BCUT2D eigenvalue weighted by atomic mass is 32.2. The number of halogens is 1. The zero-order chi connectivity index (χ0) is 19.5. The summed E-state index contributed by atoms with van der Waals surface area (Å²) >= 11 is 0. The van der Waals surface area contributed by atoms with Gasteiger partial charge in [0.1, 0.15) is 11.5 Å². The van der Waals surface area contributed by atoms with Crippen LogP contribution in [0.4, 0.5) is 4.39 Å². The van der Waals surface area contributed by atoms with E-state index in [1.165, 1.54) is 0 Å². The summed E-state index contributed by atoms with van der Waals surface area (Å²) in [5.74, 6) is 1.32. The van der Waals surface area contributed by atoms with Gasteiger partial charge < -0.3 is 4.74 Å². The Hall–Kier alpha value is -1.92. The molecule has 0 spiro atoms. The van der Waals surface area contributed by atoms with Gasteiger partial charge in [0.2, 0.25) is 10.0 Å². The molecule has 4 nitrogen and oxygen atoms in total. The minimum Gasteiger partial charge on any atom is -0.457 e. The highest BCUT2D eigenvalue weighted by Crippen LogP contribution is 2.42. The van der Waals surface area contributed by atoms with Gasteiger partial charge in [0, 0.05) is 0 Å². The van der Waals surface area contributed by atoms with Gasteiger partial charge in [-0.1, -0.05) is 36.8 Å². The zero-order valence-electron chi connectivity index (χ0n) is 15.7. The average Bonchev–Trinajstić information content (AvgIpc) is 2.65. The Balaban J connectivity index is 1.81. The third-order valence-electron chi connectivity index (χ3n) is 5.08. The molecule has 1 saturated carbocycles. The summed E-state index contributed by atoms with van der Waals surface area (Å²) in [6, 6.07) is 15.5. The van der Waals surface area contributed by atoms with Gasteiger partial charge in [-0.15, -0.1) is 0 Å². The van der Waals surface area contributed by atoms with Crippen molar-refractivity contribution in [3.8, 4) is 11.5 Å². The van der Waals surface area contributed by atoms with Crippen LogP contribution in [-0.2, 0) is 15.7 Å². The number of para-hydroxylation sites is 1. The van der Waals surface area contributed by atoms with Crippen molar-refractivity contribution in [1.29, 1.82) is 0 Å². The van der Waals surface area contributed by atoms with Gasteiger partial charge >= 0.3 is 0 Å². The van der Waals surface area contributed by atoms with Crippen molar-refractivity contribution in [2.75, 3.05) is 0 Å². The third kappa shape index (κ3) is 4.50. The van der Waals surface area contributed by atoms with Crippen LogP contribution in [-0.4, -0.2) is 19.7 Å². The van der Waals surface area contributed by atoms with E-state index in [1.54, 1.807) is 38.1 Å². The van der Waals surface area contributed by atoms with Crippen molar-refractivity contribution in [3.63, 3.8) is 0 Å². The van der Waals surface area contributed by atoms with Crippen molar-refractivity contribution >= 4 is 10.0 Å². The number of benzene rings is 2. The highest BCUT2D eigenvalue weighted by Gasteiger charge is 2.44. The summed E-state index contributed by atoms with van der Waals surface area (Å²) < 4.78 is 48.9. The predicted octanol–water partition coefficient (Wildman–Crippen LogP) is 4.91. The van der Waals surface area contributed by atoms with Gasteiger partial charge in [-0.2, -0.15) is 0 Å². The fraction of sp³-hybridized carbons (Fsp3) is 0.429. The number of hydrogen-bond donors (Lipinski definition) is 1. The van der Waals surface area contributed by atoms with Crippen LogP contribution in [0.15, 0.2) is 54.6 Å². The topological polar surface area (TPSA) is 55.4 Å². The Bertz CT molecular complexity index is 853. The summed E-state index contributed by atoms with van der Waals surface area (Å²) in [6.45, 7) is 3.20. The maximum atomic E-state index is 16.0. The lowest BCUT2D eigenvalue weighted by atomic mass is 9.77. The van der Waals surface area contributed by atoms with Crippen LogP contribution in [0.25, 0.3) is 0 Å². The van der Waals surface area contributed by atoms with E-state index < -0.39 is 27.0 Å². The molecular weight excluding hydrogens is 365 g/mol. The van der Waals surface area contributed by atoms with Crippen LogP contribution in [0.5, 0.6) is 11.5 Å². The molecule has 6 heteroatoms. The molecule has 146 valence electrons. The van der Waals surface area contributed by atoms with Crippen LogP contribution in [0.2, 0.25) is 0 Å². The van der Waals surface area contributed by atoms with E-state index in [4.69, 9.17) is 4.74 Å². The smallest absolute Gasteiger partial charge is 0.214 e. The van der Waals surface area contributed by atoms with Crippen LogP contribution < -0.4 is 9.46 Å². The lowest BCUT2D eigenvalue weighted by molar-refractivity contribution is 0.0712. The number of sulfonamides is 1. The molecule has 1 aliphatic rings. The summed E-state index contributed by atoms with van der Waals surface area (Å²) in [5, 5.41) is -0.592. The molecule has 0 aliphatic heterocycles. The molecule has 0 bridgehead atoms. The molecule has 0 heterocycles. The minimum absolute atomic E-state index is 0.303. The molecule has 1 aliphatic carbocycles. The first-order valence-electron chi connectivity index (χ1n) is 9.35. The van der Waals surface area contributed by atoms with Crippen LogP contribution in [0, 0.1) is 0 Å². The molecule has 2 aromatic carbocycles. The van der Waals surface area contributed by atoms with E-state index in [0.29, 0.717) is 29.9 Å². The minimum atomic E-state index is -3.54. The number of hydrogen-bond acceptors (Lipinski definition) is 3. The molecular formula is C21H26FNO3S. The van der Waals surface area contributed by atoms with Gasteiger partial charge in [-0.3, -0.25) is 0 Å². The molecule has 0 aromatic heterocycles. The number of rotatable bonds is 6. The molecule has 0 radical (unpaired) electrons. The Kier molecular flexibility index (Phi) is 5.86. The normalized spacial score (nSPS) is 23.3. The second kappa shape index (κ2) is 7.98. The molecule has 27 heavy (non-hydrogen) atoms. The fourth-order valence-electron chi connectivity index (χ4n) is 3.39. The van der Waals surface area contributed by atoms with E-state index >= 15 is 4.39 Å². The Morgan fingerprint density at radius 2 is 1.67 bits per heavy atom. The number of nitrogens with one attached hydrogen (secondary N) is 1. The summed E-state index contributed by atoms with van der Waals surface area (Å²) in [7, 11) is -3.54. The Morgan fingerprint density at radius 1 is 1.04 bits per heavy atom. The summed E-state index contributed by atoms with van der Waals surface area (Å²) in [4.78, 5) is 0. The number of ether oxygens (including phenoxy) is 1. The number of alkyl halides is 1. The van der Waals surface area contributed by atoms with Crippen LogP contribution >= 0.6 is 0 Å². The van der Waals surface area contributed by atoms with Crippen LogP contribution in [0.1, 0.15) is 45.1 Å². The van der Waals surface area contributed by atoms with Gasteiger partial charge in [-0.05, 0) is 62.9 Å². The third-order valence-corrected chi connectivity index (χ3v) is 6.93. The molecule has 2 aromatic rings. The van der Waals surface area contributed by atoms with Crippen molar-refractivity contribution in [3.05, 3.63) is 60.2 Å². The standard InChI is InChI=1S/C21H26FNO3S/c1-16(2)27(24,25)23-20-10-6-7-15-21(20,22)17-11-13-19(14-12-17)26-18-8-4-3-5-9-18/h3-5,8-9,11-14,16,20,23H,6-7,10,15H2,1-2H3/t20-,21-/m0/s1. The lowest BCUT2D eigenvalue weighted by Gasteiger charge is -2.38. The first-order valence-corrected chi connectivity index (χ1v) is 10.9. The van der Waals surface area contributed by atoms with Crippen molar-refractivity contribution in [1.82, 2.24) is 4.72 Å². The van der Waals surface area contributed by atoms with E-state index in [2.05, 4.69) is 4.72 Å². The second-order valence-electron chi connectivity index (χ2n) is 7.31. The van der Waals surface area contributed by atoms with Crippen LogP contribution in [0.3, 0.4) is 0 Å². The Labute approximate surface area is 160 Å². The molecule has 0 unspecified atom stereocenters. The second-order valence-corrected chi connectivity index (χ2v) is 9.58.